The highest BCUT2D eigenvalue weighted by atomic mass is 19.2. The first kappa shape index (κ1) is 14.1. The number of halogens is 2. The van der Waals surface area contributed by atoms with Crippen LogP contribution in [0.1, 0.15) is 44.3 Å². The number of H-pyrrole nitrogens is 1. The van der Waals surface area contributed by atoms with Gasteiger partial charge in [-0.05, 0) is 38.1 Å². The number of hydrogen-bond donors (Lipinski definition) is 1. The molecular weight excluding hydrogens is 284 g/mol. The Morgan fingerprint density at radius 2 is 1.86 bits per heavy atom. The lowest BCUT2D eigenvalue weighted by Crippen LogP contribution is -2.34. The molecular formula is C17H21F2N3. The molecule has 0 spiro atoms. The van der Waals surface area contributed by atoms with E-state index in [4.69, 9.17) is 0 Å². The highest BCUT2D eigenvalue weighted by Gasteiger charge is 2.33. The van der Waals surface area contributed by atoms with Crippen LogP contribution in [-0.2, 0) is 6.54 Å². The molecule has 2 heterocycles. The van der Waals surface area contributed by atoms with Crippen molar-refractivity contribution >= 4 is 11.0 Å². The number of likely N-dealkylation sites (tertiary alicyclic amines) is 1. The lowest BCUT2D eigenvalue weighted by Gasteiger charge is -2.28. The Hall–Kier alpha value is -1.49. The number of aromatic amines is 1. The van der Waals surface area contributed by atoms with Gasteiger partial charge in [0, 0.05) is 18.2 Å². The Morgan fingerprint density at radius 1 is 1.09 bits per heavy atom. The molecule has 3 nitrogen and oxygen atoms in total. The van der Waals surface area contributed by atoms with Crippen molar-refractivity contribution in [3.8, 4) is 0 Å². The van der Waals surface area contributed by atoms with Gasteiger partial charge in [-0.2, -0.15) is 0 Å². The van der Waals surface area contributed by atoms with E-state index in [0.717, 1.165) is 24.8 Å². The standard InChI is InChI=1S/C17H21F2N3/c18-12-8-14-15(9-13(12)19)21-17(20-14)10-22-7-3-6-16(22)11-4-1-2-5-11/h8-9,11,16H,1-7,10H2,(H,20,21)/t16-/m0/s1. The van der Waals surface area contributed by atoms with Gasteiger partial charge in [0.25, 0.3) is 0 Å². The molecule has 1 aromatic heterocycles. The molecule has 1 aliphatic heterocycles. The van der Waals surface area contributed by atoms with Gasteiger partial charge in [0.1, 0.15) is 5.82 Å². The molecule has 0 amide bonds. The van der Waals surface area contributed by atoms with Crippen LogP contribution in [0, 0.1) is 17.6 Å². The van der Waals surface area contributed by atoms with Crippen molar-refractivity contribution in [2.45, 2.75) is 51.1 Å². The first-order valence-corrected chi connectivity index (χ1v) is 8.28. The summed E-state index contributed by atoms with van der Waals surface area (Å²) in [6, 6.07) is 3.02. The van der Waals surface area contributed by atoms with Crippen molar-refractivity contribution in [3.05, 3.63) is 29.6 Å². The Labute approximate surface area is 128 Å². The van der Waals surface area contributed by atoms with Crippen molar-refractivity contribution < 1.29 is 8.78 Å². The molecule has 118 valence electrons. The average Bonchev–Trinajstić information content (AvgIpc) is 3.19. The van der Waals surface area contributed by atoms with Gasteiger partial charge in [-0.25, -0.2) is 13.8 Å². The zero-order valence-corrected chi connectivity index (χ0v) is 12.6. The summed E-state index contributed by atoms with van der Waals surface area (Å²) in [5.74, 6) is -0.0325. The summed E-state index contributed by atoms with van der Waals surface area (Å²) >= 11 is 0. The normalized spacial score (nSPS) is 23.8. The number of aromatic nitrogens is 2. The molecule has 1 aromatic carbocycles. The number of imidazole rings is 1. The van der Waals surface area contributed by atoms with Crippen LogP contribution in [0.3, 0.4) is 0 Å². The minimum atomic E-state index is -0.837. The molecule has 2 fully saturated rings. The third-order valence-corrected chi connectivity index (χ3v) is 5.28. The lowest BCUT2D eigenvalue weighted by molar-refractivity contribution is 0.180. The van der Waals surface area contributed by atoms with E-state index < -0.39 is 11.6 Å². The van der Waals surface area contributed by atoms with E-state index in [-0.39, 0.29) is 0 Å². The Bertz CT molecular complexity index is 637. The summed E-state index contributed by atoms with van der Waals surface area (Å²) < 4.78 is 26.6. The summed E-state index contributed by atoms with van der Waals surface area (Å²) in [5.41, 5.74) is 1.08. The first-order valence-electron chi connectivity index (χ1n) is 8.28. The molecule has 0 bridgehead atoms. The highest BCUT2D eigenvalue weighted by molar-refractivity contribution is 5.75. The maximum absolute atomic E-state index is 13.3. The van der Waals surface area contributed by atoms with Gasteiger partial charge in [-0.1, -0.05) is 12.8 Å². The second-order valence-corrected chi connectivity index (χ2v) is 6.69. The zero-order valence-electron chi connectivity index (χ0n) is 12.6. The smallest absolute Gasteiger partial charge is 0.161 e. The predicted molar refractivity (Wildman–Crippen MR) is 81.4 cm³/mol. The third-order valence-electron chi connectivity index (χ3n) is 5.28. The van der Waals surface area contributed by atoms with Crippen molar-refractivity contribution in [2.24, 2.45) is 5.92 Å². The van der Waals surface area contributed by atoms with Crippen LogP contribution in [0.25, 0.3) is 11.0 Å². The van der Waals surface area contributed by atoms with E-state index in [9.17, 15) is 8.78 Å². The largest absolute Gasteiger partial charge is 0.341 e. The number of nitrogens with zero attached hydrogens (tertiary/aromatic N) is 2. The summed E-state index contributed by atoms with van der Waals surface area (Å²) in [7, 11) is 0. The van der Waals surface area contributed by atoms with Gasteiger partial charge < -0.3 is 4.98 Å². The van der Waals surface area contributed by atoms with Gasteiger partial charge in [-0.3, -0.25) is 4.90 Å². The number of rotatable bonds is 3. The molecule has 22 heavy (non-hydrogen) atoms. The molecule has 1 N–H and O–H groups in total. The van der Waals surface area contributed by atoms with Crippen LogP contribution in [-0.4, -0.2) is 27.5 Å². The van der Waals surface area contributed by atoms with Crippen LogP contribution < -0.4 is 0 Å². The van der Waals surface area contributed by atoms with Crippen LogP contribution >= 0.6 is 0 Å². The van der Waals surface area contributed by atoms with Crippen molar-refractivity contribution in [2.75, 3.05) is 6.54 Å². The maximum Gasteiger partial charge on any atom is 0.161 e. The van der Waals surface area contributed by atoms with Gasteiger partial charge in [0.05, 0.1) is 17.6 Å². The average molecular weight is 305 g/mol. The zero-order chi connectivity index (χ0) is 15.1. The fourth-order valence-corrected chi connectivity index (χ4v) is 4.25. The molecule has 4 rings (SSSR count). The molecule has 2 aromatic rings. The number of hydrogen-bond acceptors (Lipinski definition) is 2. The van der Waals surface area contributed by atoms with E-state index in [1.54, 1.807) is 0 Å². The van der Waals surface area contributed by atoms with Crippen LogP contribution in [0.5, 0.6) is 0 Å². The van der Waals surface area contributed by atoms with Crippen LogP contribution in [0.15, 0.2) is 12.1 Å². The summed E-state index contributed by atoms with van der Waals surface area (Å²) in [5, 5.41) is 0. The van der Waals surface area contributed by atoms with E-state index in [1.165, 1.54) is 50.7 Å². The number of fused-ring (bicyclic) bond motifs is 1. The fourth-order valence-electron chi connectivity index (χ4n) is 4.25. The number of nitrogens with one attached hydrogen (secondary N) is 1. The van der Waals surface area contributed by atoms with E-state index in [0.29, 0.717) is 17.1 Å². The quantitative estimate of drug-likeness (QED) is 0.929. The second kappa shape index (κ2) is 5.61. The van der Waals surface area contributed by atoms with Gasteiger partial charge in [0.2, 0.25) is 0 Å². The second-order valence-electron chi connectivity index (χ2n) is 6.69. The Morgan fingerprint density at radius 3 is 2.68 bits per heavy atom. The van der Waals surface area contributed by atoms with Gasteiger partial charge in [0.15, 0.2) is 11.6 Å². The van der Waals surface area contributed by atoms with Crippen LogP contribution in [0.2, 0.25) is 0 Å². The lowest BCUT2D eigenvalue weighted by atomic mass is 9.96. The molecule has 2 aliphatic rings. The minimum absolute atomic E-state index is 0.505. The summed E-state index contributed by atoms with van der Waals surface area (Å²) in [4.78, 5) is 10.1. The highest BCUT2D eigenvalue weighted by Crippen LogP contribution is 2.36. The monoisotopic (exact) mass is 305 g/mol. The third kappa shape index (κ3) is 2.51. The molecule has 1 saturated carbocycles. The van der Waals surface area contributed by atoms with Crippen molar-refractivity contribution in [1.82, 2.24) is 14.9 Å². The molecule has 0 radical (unpaired) electrons. The maximum atomic E-state index is 13.3. The predicted octanol–water partition coefficient (Wildman–Crippen LogP) is 4.00. The molecule has 1 saturated heterocycles. The van der Waals surface area contributed by atoms with Crippen molar-refractivity contribution in [3.63, 3.8) is 0 Å². The SMILES string of the molecule is Fc1cc2nc(CN3CCC[C@H]3C3CCCC3)[nH]c2cc1F. The molecule has 5 heteroatoms. The van der Waals surface area contributed by atoms with Crippen molar-refractivity contribution in [1.29, 1.82) is 0 Å². The van der Waals surface area contributed by atoms with E-state index in [2.05, 4.69) is 14.9 Å². The summed E-state index contributed by atoms with van der Waals surface area (Å²) in [6.07, 6.45) is 7.92. The Kier molecular flexibility index (Phi) is 3.60. The summed E-state index contributed by atoms with van der Waals surface area (Å²) in [6.45, 7) is 1.85. The molecule has 1 aliphatic carbocycles. The molecule has 1 atom stereocenters. The van der Waals surface area contributed by atoms with Crippen LogP contribution in [0.4, 0.5) is 8.78 Å². The van der Waals surface area contributed by atoms with Gasteiger partial charge in [-0.15, -0.1) is 0 Å². The fraction of sp³-hybridized carbons (Fsp3) is 0.588. The topological polar surface area (TPSA) is 31.9 Å². The Balaban J connectivity index is 1.54. The van der Waals surface area contributed by atoms with Gasteiger partial charge >= 0.3 is 0 Å². The first-order chi connectivity index (χ1) is 10.7. The molecule has 0 unspecified atom stereocenters. The minimum Gasteiger partial charge on any atom is -0.341 e. The van der Waals surface area contributed by atoms with E-state index >= 15 is 0 Å². The number of benzene rings is 1. The van der Waals surface area contributed by atoms with E-state index in [1.807, 2.05) is 0 Å².